The lowest BCUT2D eigenvalue weighted by Gasteiger charge is -2.34. The summed E-state index contributed by atoms with van der Waals surface area (Å²) in [6, 6.07) is 3.00. The Balaban J connectivity index is 1.86. The molecule has 2 rings (SSSR count). The molecular formula is C17H22F2N2O3. The molecule has 2 amide bonds. The zero-order valence-corrected chi connectivity index (χ0v) is 13.9. The van der Waals surface area contributed by atoms with Crippen molar-refractivity contribution >= 4 is 11.8 Å². The van der Waals surface area contributed by atoms with Gasteiger partial charge >= 0.3 is 0 Å². The Morgan fingerprint density at radius 1 is 1.38 bits per heavy atom. The van der Waals surface area contributed by atoms with E-state index < -0.39 is 17.7 Å². The first-order valence-electron chi connectivity index (χ1n) is 7.97. The van der Waals surface area contributed by atoms with Crippen molar-refractivity contribution in [2.45, 2.75) is 38.8 Å². The van der Waals surface area contributed by atoms with E-state index in [9.17, 15) is 18.4 Å². The largest absolute Gasteiger partial charge is 0.377 e. The Morgan fingerprint density at radius 2 is 2.12 bits per heavy atom. The molecule has 1 aromatic rings. The van der Waals surface area contributed by atoms with Gasteiger partial charge in [-0.15, -0.1) is 0 Å². The number of morpholine rings is 1. The molecule has 1 heterocycles. The molecule has 0 bridgehead atoms. The number of nitrogens with zero attached hydrogens (tertiary/aromatic N) is 1. The predicted octanol–water partition coefficient (Wildman–Crippen LogP) is 1.65. The van der Waals surface area contributed by atoms with Gasteiger partial charge in [0.05, 0.1) is 13.2 Å². The lowest BCUT2D eigenvalue weighted by molar-refractivity contribution is -0.147. The fourth-order valence-electron chi connectivity index (χ4n) is 2.69. The molecule has 0 unspecified atom stereocenters. The number of ether oxygens (including phenoxy) is 1. The zero-order chi connectivity index (χ0) is 17.7. The Kier molecular flexibility index (Phi) is 6.25. The summed E-state index contributed by atoms with van der Waals surface area (Å²) < 4.78 is 31.4. The summed E-state index contributed by atoms with van der Waals surface area (Å²) in [6.07, 6.45) is 1.08. The maximum absolute atomic E-state index is 13.2. The van der Waals surface area contributed by atoms with E-state index in [4.69, 9.17) is 4.74 Å². The summed E-state index contributed by atoms with van der Waals surface area (Å²) in [7, 11) is 0. The molecule has 0 aliphatic carbocycles. The molecule has 7 heteroatoms. The summed E-state index contributed by atoms with van der Waals surface area (Å²) in [5.41, 5.74) is 0.668. The van der Waals surface area contributed by atoms with E-state index in [0.717, 1.165) is 12.1 Å². The van der Waals surface area contributed by atoms with Crippen LogP contribution in [0.1, 0.15) is 25.8 Å². The number of amides is 2. The van der Waals surface area contributed by atoms with Crippen LogP contribution in [0.4, 0.5) is 8.78 Å². The highest BCUT2D eigenvalue weighted by molar-refractivity contribution is 5.87. The van der Waals surface area contributed by atoms with Crippen LogP contribution in [0, 0.1) is 11.6 Å². The first-order chi connectivity index (χ1) is 11.4. The molecule has 1 saturated heterocycles. The van der Waals surface area contributed by atoms with Crippen molar-refractivity contribution in [3.63, 3.8) is 0 Å². The average molecular weight is 340 g/mol. The summed E-state index contributed by atoms with van der Waals surface area (Å²) in [5, 5.41) is 2.85. The van der Waals surface area contributed by atoms with Gasteiger partial charge in [-0.25, -0.2) is 8.78 Å². The quantitative estimate of drug-likeness (QED) is 0.887. The molecule has 1 aromatic carbocycles. The first-order valence-corrected chi connectivity index (χ1v) is 7.97. The molecule has 0 saturated carbocycles. The number of hydrogen-bond acceptors (Lipinski definition) is 3. The van der Waals surface area contributed by atoms with E-state index in [1.807, 2.05) is 6.92 Å². The van der Waals surface area contributed by atoms with Crippen LogP contribution in [-0.4, -0.2) is 48.6 Å². The monoisotopic (exact) mass is 340 g/mol. The van der Waals surface area contributed by atoms with Gasteiger partial charge in [-0.1, -0.05) is 6.07 Å². The van der Waals surface area contributed by atoms with Gasteiger partial charge in [-0.2, -0.15) is 0 Å². The second kappa shape index (κ2) is 8.19. The number of benzene rings is 1. The van der Waals surface area contributed by atoms with Crippen molar-refractivity contribution in [2.24, 2.45) is 0 Å². The third-order valence-corrected chi connectivity index (χ3v) is 4.07. The molecular weight excluding hydrogens is 318 g/mol. The minimum atomic E-state index is -0.874. The Labute approximate surface area is 140 Å². The number of nitrogens with one attached hydrogen (secondary N) is 1. The number of aryl methyl sites for hydroxylation is 1. The molecule has 1 aliphatic heterocycles. The molecule has 5 nitrogen and oxygen atoms in total. The molecule has 1 aliphatic rings. The van der Waals surface area contributed by atoms with Gasteiger partial charge in [0, 0.05) is 19.5 Å². The zero-order valence-electron chi connectivity index (χ0n) is 13.9. The summed E-state index contributed by atoms with van der Waals surface area (Å²) in [5.74, 6) is -2.17. The number of halogens is 2. The van der Waals surface area contributed by atoms with Crippen molar-refractivity contribution in [2.75, 3.05) is 19.8 Å². The highest BCUT2D eigenvalue weighted by Crippen LogP contribution is 2.12. The van der Waals surface area contributed by atoms with E-state index in [1.54, 1.807) is 0 Å². The fraction of sp³-hybridized carbons (Fsp3) is 0.529. The van der Waals surface area contributed by atoms with Crippen LogP contribution >= 0.6 is 0 Å². The SMILES string of the molecule is CC(=O)N1CCOC[C@@H]1C(=O)N[C@H](C)CCc1ccc(F)c(F)c1. The van der Waals surface area contributed by atoms with Crippen LogP contribution < -0.4 is 5.32 Å². The van der Waals surface area contributed by atoms with Crippen LogP contribution in [0.25, 0.3) is 0 Å². The van der Waals surface area contributed by atoms with Crippen LogP contribution in [0.5, 0.6) is 0 Å². The Hall–Kier alpha value is -2.02. The Bertz CT molecular complexity index is 609. The van der Waals surface area contributed by atoms with E-state index in [2.05, 4.69) is 5.32 Å². The standard InChI is InChI=1S/C17H22F2N2O3/c1-11(3-4-13-5-6-14(18)15(19)9-13)20-17(23)16-10-24-8-7-21(16)12(2)22/h5-6,9,11,16H,3-4,7-8,10H2,1-2H3,(H,20,23)/t11-,16-/m1/s1. The molecule has 0 aromatic heterocycles. The van der Waals surface area contributed by atoms with Gasteiger partial charge in [0.1, 0.15) is 6.04 Å². The van der Waals surface area contributed by atoms with E-state index in [-0.39, 0.29) is 24.5 Å². The van der Waals surface area contributed by atoms with Gasteiger partial charge in [0.2, 0.25) is 11.8 Å². The summed E-state index contributed by atoms with van der Waals surface area (Å²) in [6.45, 7) is 4.27. The van der Waals surface area contributed by atoms with Gasteiger partial charge in [0.15, 0.2) is 11.6 Å². The molecule has 1 N–H and O–H groups in total. The van der Waals surface area contributed by atoms with Gasteiger partial charge in [-0.05, 0) is 37.5 Å². The van der Waals surface area contributed by atoms with Crippen molar-refractivity contribution in [1.29, 1.82) is 0 Å². The highest BCUT2D eigenvalue weighted by Gasteiger charge is 2.31. The van der Waals surface area contributed by atoms with Gasteiger partial charge in [0.25, 0.3) is 0 Å². The maximum atomic E-state index is 13.2. The minimum absolute atomic E-state index is 0.159. The minimum Gasteiger partial charge on any atom is -0.377 e. The molecule has 0 spiro atoms. The van der Waals surface area contributed by atoms with E-state index >= 15 is 0 Å². The molecule has 2 atom stereocenters. The number of carbonyl (C=O) groups is 2. The normalized spacial score (nSPS) is 19.0. The topological polar surface area (TPSA) is 58.6 Å². The van der Waals surface area contributed by atoms with Gasteiger partial charge in [-0.3, -0.25) is 9.59 Å². The molecule has 24 heavy (non-hydrogen) atoms. The molecule has 1 fully saturated rings. The van der Waals surface area contributed by atoms with Crippen molar-refractivity contribution in [3.8, 4) is 0 Å². The average Bonchev–Trinajstić information content (AvgIpc) is 2.55. The van der Waals surface area contributed by atoms with Crippen LogP contribution in [0.15, 0.2) is 18.2 Å². The molecule has 132 valence electrons. The number of rotatable bonds is 5. The second-order valence-corrected chi connectivity index (χ2v) is 6.00. The third-order valence-electron chi connectivity index (χ3n) is 4.07. The van der Waals surface area contributed by atoms with Crippen molar-refractivity contribution in [1.82, 2.24) is 10.2 Å². The fourth-order valence-corrected chi connectivity index (χ4v) is 2.69. The summed E-state index contributed by atoms with van der Waals surface area (Å²) >= 11 is 0. The third kappa shape index (κ3) is 4.74. The lowest BCUT2D eigenvalue weighted by atomic mass is 10.1. The van der Waals surface area contributed by atoms with Gasteiger partial charge < -0.3 is 15.0 Å². The first kappa shape index (κ1) is 18.3. The van der Waals surface area contributed by atoms with Crippen LogP contribution in [0.3, 0.4) is 0 Å². The predicted molar refractivity (Wildman–Crippen MR) is 84.3 cm³/mol. The smallest absolute Gasteiger partial charge is 0.245 e. The van der Waals surface area contributed by atoms with Crippen molar-refractivity contribution < 1.29 is 23.1 Å². The maximum Gasteiger partial charge on any atom is 0.245 e. The van der Waals surface area contributed by atoms with Crippen LogP contribution in [-0.2, 0) is 20.7 Å². The van der Waals surface area contributed by atoms with E-state index in [0.29, 0.717) is 31.6 Å². The number of carbonyl (C=O) groups excluding carboxylic acids is 2. The van der Waals surface area contributed by atoms with E-state index in [1.165, 1.54) is 17.9 Å². The lowest BCUT2D eigenvalue weighted by Crippen LogP contribution is -2.56. The number of hydrogen-bond donors (Lipinski definition) is 1. The van der Waals surface area contributed by atoms with Crippen molar-refractivity contribution in [3.05, 3.63) is 35.4 Å². The second-order valence-electron chi connectivity index (χ2n) is 6.00. The summed E-state index contributed by atoms with van der Waals surface area (Å²) in [4.78, 5) is 25.4. The van der Waals surface area contributed by atoms with Crippen LogP contribution in [0.2, 0.25) is 0 Å². The highest BCUT2D eigenvalue weighted by atomic mass is 19.2. The Morgan fingerprint density at radius 3 is 2.79 bits per heavy atom. The molecule has 0 radical (unpaired) electrons.